The fourth-order valence-corrected chi connectivity index (χ4v) is 5.20. The first-order valence-electron chi connectivity index (χ1n) is 9.69. The number of sulfone groups is 1. The molecule has 2 amide bonds. The highest BCUT2D eigenvalue weighted by Crippen LogP contribution is 2.32. The van der Waals surface area contributed by atoms with Crippen LogP contribution in [0.4, 0.5) is 0 Å². The van der Waals surface area contributed by atoms with E-state index < -0.39 is 21.9 Å². The summed E-state index contributed by atoms with van der Waals surface area (Å²) in [5, 5.41) is 5.78. The molecular formula is C22H26N2O4S. The molecule has 154 valence electrons. The molecule has 3 rings (SSSR count). The minimum Gasteiger partial charge on any atom is -0.347 e. The van der Waals surface area contributed by atoms with Gasteiger partial charge in [-0.25, -0.2) is 8.42 Å². The molecule has 0 bridgehead atoms. The van der Waals surface area contributed by atoms with E-state index in [2.05, 4.69) is 10.6 Å². The molecule has 2 N–H and O–H groups in total. The summed E-state index contributed by atoms with van der Waals surface area (Å²) in [7, 11) is -3.33. The molecule has 0 spiro atoms. The summed E-state index contributed by atoms with van der Waals surface area (Å²) >= 11 is 0. The summed E-state index contributed by atoms with van der Waals surface area (Å²) in [5.41, 5.74) is 1.96. The maximum atomic E-state index is 13.0. The van der Waals surface area contributed by atoms with E-state index >= 15 is 0 Å². The van der Waals surface area contributed by atoms with E-state index in [0.717, 1.165) is 5.56 Å². The van der Waals surface area contributed by atoms with Crippen LogP contribution in [0.15, 0.2) is 53.4 Å². The molecule has 1 heterocycles. The lowest BCUT2D eigenvalue weighted by atomic mass is 9.99. The minimum atomic E-state index is -3.33. The van der Waals surface area contributed by atoms with Crippen LogP contribution >= 0.6 is 0 Å². The van der Waals surface area contributed by atoms with Crippen LogP contribution in [0.3, 0.4) is 0 Å². The van der Waals surface area contributed by atoms with Gasteiger partial charge in [0, 0.05) is 5.56 Å². The second-order valence-electron chi connectivity index (χ2n) is 7.72. The van der Waals surface area contributed by atoms with E-state index in [1.165, 1.54) is 0 Å². The number of hydrogen-bond donors (Lipinski definition) is 2. The molecule has 0 unspecified atom stereocenters. The molecule has 0 fully saturated rings. The third-order valence-corrected chi connectivity index (χ3v) is 7.06. The highest BCUT2D eigenvalue weighted by molar-refractivity contribution is 7.91. The van der Waals surface area contributed by atoms with Crippen molar-refractivity contribution in [3.8, 4) is 0 Å². The van der Waals surface area contributed by atoms with Crippen molar-refractivity contribution in [3.63, 3.8) is 0 Å². The van der Waals surface area contributed by atoms with Crippen LogP contribution in [0, 0.1) is 12.8 Å². The lowest BCUT2D eigenvalue weighted by Crippen LogP contribution is -2.51. The first kappa shape index (κ1) is 21.0. The van der Waals surface area contributed by atoms with Gasteiger partial charge < -0.3 is 10.6 Å². The monoisotopic (exact) mass is 414 g/mol. The largest absolute Gasteiger partial charge is 0.347 e. The Morgan fingerprint density at radius 2 is 1.69 bits per heavy atom. The van der Waals surface area contributed by atoms with Crippen molar-refractivity contribution in [2.24, 2.45) is 5.92 Å². The van der Waals surface area contributed by atoms with E-state index in [1.54, 1.807) is 36.4 Å². The summed E-state index contributed by atoms with van der Waals surface area (Å²) in [4.78, 5) is 26.0. The molecule has 6 nitrogen and oxygen atoms in total. The quantitative estimate of drug-likeness (QED) is 0.787. The lowest BCUT2D eigenvalue weighted by Gasteiger charge is -2.29. The number of carbonyl (C=O) groups excluding carboxylic acids is 2. The zero-order valence-electron chi connectivity index (χ0n) is 16.8. The van der Waals surface area contributed by atoms with Crippen LogP contribution in [0.1, 0.15) is 47.8 Å². The Morgan fingerprint density at radius 1 is 1.03 bits per heavy atom. The van der Waals surface area contributed by atoms with E-state index in [9.17, 15) is 18.0 Å². The van der Waals surface area contributed by atoms with Gasteiger partial charge in [-0.15, -0.1) is 0 Å². The molecule has 0 aromatic heterocycles. The first-order chi connectivity index (χ1) is 13.7. The number of aryl methyl sites for hydroxylation is 1. The fourth-order valence-electron chi connectivity index (χ4n) is 3.58. The van der Waals surface area contributed by atoms with Crippen molar-refractivity contribution in [1.82, 2.24) is 10.6 Å². The van der Waals surface area contributed by atoms with E-state index in [1.807, 2.05) is 32.9 Å². The highest BCUT2D eigenvalue weighted by atomic mass is 32.2. The third kappa shape index (κ3) is 4.50. The van der Waals surface area contributed by atoms with E-state index in [-0.39, 0.29) is 28.4 Å². The van der Waals surface area contributed by atoms with Crippen molar-refractivity contribution < 1.29 is 18.0 Å². The predicted octanol–water partition coefficient (Wildman–Crippen LogP) is 2.78. The van der Waals surface area contributed by atoms with Crippen LogP contribution in [0.5, 0.6) is 0 Å². The van der Waals surface area contributed by atoms with Crippen molar-refractivity contribution in [3.05, 3.63) is 65.2 Å². The lowest BCUT2D eigenvalue weighted by molar-refractivity contribution is -0.124. The van der Waals surface area contributed by atoms with Crippen LogP contribution in [0.25, 0.3) is 0 Å². The maximum absolute atomic E-state index is 13.0. The molecule has 0 radical (unpaired) electrons. The molecule has 2 atom stereocenters. The zero-order valence-corrected chi connectivity index (χ0v) is 17.6. The molecule has 1 aliphatic rings. The maximum Gasteiger partial charge on any atom is 0.252 e. The summed E-state index contributed by atoms with van der Waals surface area (Å²) in [5.74, 6) is -0.771. The molecule has 29 heavy (non-hydrogen) atoms. The van der Waals surface area contributed by atoms with Gasteiger partial charge in [0.2, 0.25) is 5.91 Å². The summed E-state index contributed by atoms with van der Waals surface area (Å²) < 4.78 is 24.6. The second-order valence-corrected chi connectivity index (χ2v) is 9.79. The Bertz CT molecular complexity index is 1030. The van der Waals surface area contributed by atoms with Crippen molar-refractivity contribution >= 4 is 21.7 Å². The standard InChI is InChI=1S/C22H26N2O4S/c1-14(2)20(24-21(25)16-9-5-4-8-15(16)3)22(26)23-18-12-13-29(27,28)19-11-7-6-10-17(18)19/h4-11,14,18,20H,12-13H2,1-3H3,(H,23,26)(H,24,25)/t18-,20+/m0/s1. The molecule has 2 aromatic rings. The van der Waals surface area contributed by atoms with Gasteiger partial charge in [0.25, 0.3) is 5.91 Å². The topological polar surface area (TPSA) is 92.3 Å². The molecule has 2 aromatic carbocycles. The van der Waals surface area contributed by atoms with Gasteiger partial charge in [0.05, 0.1) is 16.7 Å². The molecule has 7 heteroatoms. The highest BCUT2D eigenvalue weighted by Gasteiger charge is 2.33. The molecule has 0 saturated carbocycles. The average Bonchev–Trinajstić information content (AvgIpc) is 2.68. The predicted molar refractivity (Wildman–Crippen MR) is 111 cm³/mol. The van der Waals surface area contributed by atoms with Crippen LogP contribution < -0.4 is 10.6 Å². The number of rotatable bonds is 5. The fraction of sp³-hybridized carbons (Fsp3) is 0.364. The van der Waals surface area contributed by atoms with Gasteiger partial charge in [-0.1, -0.05) is 50.2 Å². The Kier molecular flexibility index (Phi) is 6.07. The smallest absolute Gasteiger partial charge is 0.252 e. The number of benzene rings is 2. The Balaban J connectivity index is 1.79. The van der Waals surface area contributed by atoms with Gasteiger partial charge in [-0.2, -0.15) is 0 Å². The zero-order chi connectivity index (χ0) is 21.2. The number of amides is 2. The molecule has 0 saturated heterocycles. The summed E-state index contributed by atoms with van der Waals surface area (Å²) in [6, 6.07) is 12.8. The SMILES string of the molecule is Cc1ccccc1C(=O)N[C@@H](C(=O)N[C@H]1CCS(=O)(=O)c2ccccc21)C(C)C. The van der Waals surface area contributed by atoms with Crippen molar-refractivity contribution in [2.75, 3.05) is 5.75 Å². The summed E-state index contributed by atoms with van der Waals surface area (Å²) in [6.07, 6.45) is 0.307. The van der Waals surface area contributed by atoms with Crippen LogP contribution in [0.2, 0.25) is 0 Å². The van der Waals surface area contributed by atoms with Gasteiger partial charge in [-0.3, -0.25) is 9.59 Å². The number of hydrogen-bond acceptors (Lipinski definition) is 4. The van der Waals surface area contributed by atoms with Gasteiger partial charge in [0.1, 0.15) is 6.04 Å². The van der Waals surface area contributed by atoms with Gasteiger partial charge in [0.15, 0.2) is 9.84 Å². The number of nitrogens with one attached hydrogen (secondary N) is 2. The minimum absolute atomic E-state index is 0.0170. The first-order valence-corrected chi connectivity index (χ1v) is 11.3. The van der Waals surface area contributed by atoms with Crippen molar-refractivity contribution in [1.29, 1.82) is 0 Å². The average molecular weight is 415 g/mol. The Hall–Kier alpha value is -2.67. The number of carbonyl (C=O) groups is 2. The van der Waals surface area contributed by atoms with E-state index in [0.29, 0.717) is 17.5 Å². The number of fused-ring (bicyclic) bond motifs is 1. The molecule has 1 aliphatic heterocycles. The second kappa shape index (κ2) is 8.37. The normalized spacial score (nSPS) is 18.6. The van der Waals surface area contributed by atoms with Crippen LogP contribution in [-0.4, -0.2) is 32.0 Å². The van der Waals surface area contributed by atoms with Gasteiger partial charge in [-0.05, 0) is 42.5 Å². The van der Waals surface area contributed by atoms with Crippen molar-refractivity contribution in [2.45, 2.75) is 44.2 Å². The Labute approximate surface area is 171 Å². The third-order valence-electron chi connectivity index (χ3n) is 5.25. The Morgan fingerprint density at radius 3 is 2.38 bits per heavy atom. The van der Waals surface area contributed by atoms with Crippen LogP contribution in [-0.2, 0) is 14.6 Å². The molecular weight excluding hydrogens is 388 g/mol. The summed E-state index contributed by atoms with van der Waals surface area (Å²) in [6.45, 7) is 5.57. The molecule has 0 aliphatic carbocycles. The van der Waals surface area contributed by atoms with E-state index in [4.69, 9.17) is 0 Å². The van der Waals surface area contributed by atoms with Gasteiger partial charge >= 0.3 is 0 Å².